The molecule has 0 aliphatic carbocycles. The van der Waals surface area contributed by atoms with Gasteiger partial charge in [0.15, 0.2) is 5.65 Å². The van der Waals surface area contributed by atoms with Crippen LogP contribution in [0.2, 0.25) is 5.28 Å². The van der Waals surface area contributed by atoms with E-state index in [1.54, 1.807) is 29.6 Å². The van der Waals surface area contributed by atoms with Gasteiger partial charge in [0, 0.05) is 32.2 Å². The molecule has 3 aromatic rings. The second-order valence-corrected chi connectivity index (χ2v) is 8.07. The van der Waals surface area contributed by atoms with Gasteiger partial charge in [0.25, 0.3) is 0 Å². The predicted molar refractivity (Wildman–Crippen MR) is 119 cm³/mol. The number of nitro groups is 1. The third-order valence-corrected chi connectivity index (χ3v) is 5.67. The van der Waals surface area contributed by atoms with Crippen molar-refractivity contribution in [2.24, 2.45) is 5.92 Å². The number of ether oxygens (including phenoxy) is 2. The average molecular weight is 466 g/mol. The molecule has 0 aliphatic heterocycles. The highest BCUT2D eigenvalue weighted by molar-refractivity contribution is 6.28. The molecule has 12 heteroatoms. The molecule has 0 N–H and O–H groups in total. The molecule has 0 aromatic carbocycles. The van der Waals surface area contributed by atoms with Crippen molar-refractivity contribution in [1.29, 1.82) is 0 Å². The fourth-order valence-corrected chi connectivity index (χ4v) is 4.06. The molecule has 2 atom stereocenters. The normalized spacial score (nSPS) is 13.4. The van der Waals surface area contributed by atoms with E-state index in [-0.39, 0.29) is 35.4 Å². The number of aryl methyl sites for hydroxylation is 2. The first-order valence-electron chi connectivity index (χ1n) is 10.5. The van der Waals surface area contributed by atoms with Crippen LogP contribution in [0.1, 0.15) is 44.1 Å². The van der Waals surface area contributed by atoms with Crippen molar-refractivity contribution < 1.29 is 14.4 Å². The number of methoxy groups -OCH3 is 1. The van der Waals surface area contributed by atoms with Gasteiger partial charge in [0.05, 0.1) is 35.3 Å². The van der Waals surface area contributed by atoms with E-state index in [0.29, 0.717) is 30.9 Å². The molecule has 3 heterocycles. The van der Waals surface area contributed by atoms with Crippen LogP contribution >= 0.6 is 11.6 Å². The van der Waals surface area contributed by atoms with Crippen LogP contribution in [0.4, 0.5) is 5.69 Å². The first kappa shape index (κ1) is 23.9. The molecular weight excluding hydrogens is 438 g/mol. The van der Waals surface area contributed by atoms with Gasteiger partial charge < -0.3 is 9.47 Å². The lowest BCUT2D eigenvalue weighted by Crippen LogP contribution is -2.22. The molecule has 0 amide bonds. The molecule has 0 saturated heterocycles. The summed E-state index contributed by atoms with van der Waals surface area (Å²) in [4.78, 5) is 19.5. The number of hydrogen-bond donors (Lipinski definition) is 0. The van der Waals surface area contributed by atoms with Crippen molar-refractivity contribution in [3.63, 3.8) is 0 Å². The third kappa shape index (κ3) is 4.83. The molecule has 0 aliphatic rings. The highest BCUT2D eigenvalue weighted by atomic mass is 35.5. The summed E-state index contributed by atoms with van der Waals surface area (Å²) in [6.07, 6.45) is 2.96. The third-order valence-electron chi connectivity index (χ3n) is 5.49. The van der Waals surface area contributed by atoms with Gasteiger partial charge >= 0.3 is 11.6 Å². The zero-order valence-corrected chi connectivity index (χ0v) is 19.7. The predicted octanol–water partition coefficient (Wildman–Crippen LogP) is 3.90. The van der Waals surface area contributed by atoms with Crippen molar-refractivity contribution in [1.82, 2.24) is 29.5 Å². The zero-order valence-electron chi connectivity index (χ0n) is 18.9. The molecule has 32 heavy (non-hydrogen) atoms. The maximum absolute atomic E-state index is 11.7. The van der Waals surface area contributed by atoms with E-state index < -0.39 is 4.92 Å². The lowest BCUT2D eigenvalue weighted by Gasteiger charge is -2.23. The van der Waals surface area contributed by atoms with E-state index in [2.05, 4.69) is 20.2 Å². The Kier molecular flexibility index (Phi) is 7.62. The number of aromatic nitrogens is 6. The second kappa shape index (κ2) is 10.2. The zero-order chi connectivity index (χ0) is 23.4. The number of fused-ring (bicyclic) bond motifs is 1. The summed E-state index contributed by atoms with van der Waals surface area (Å²) in [7, 11) is 1.64. The van der Waals surface area contributed by atoms with Gasteiger partial charge in [0.2, 0.25) is 5.28 Å². The second-order valence-electron chi connectivity index (χ2n) is 7.74. The number of hydrogen-bond acceptors (Lipinski definition) is 8. The van der Waals surface area contributed by atoms with Gasteiger partial charge in [-0.15, -0.1) is 5.10 Å². The van der Waals surface area contributed by atoms with E-state index in [1.807, 2.05) is 20.8 Å². The van der Waals surface area contributed by atoms with E-state index in [9.17, 15) is 10.1 Å². The van der Waals surface area contributed by atoms with Crippen LogP contribution in [-0.4, -0.2) is 54.8 Å². The molecule has 0 fully saturated rings. The van der Waals surface area contributed by atoms with Gasteiger partial charge in [-0.2, -0.15) is 10.1 Å². The summed E-state index contributed by atoms with van der Waals surface area (Å²) in [5.74, 6) is 0.170. The summed E-state index contributed by atoms with van der Waals surface area (Å²) >= 11 is 5.91. The van der Waals surface area contributed by atoms with Gasteiger partial charge in [-0.1, -0.05) is 13.8 Å². The Morgan fingerprint density at radius 3 is 2.72 bits per heavy atom. The van der Waals surface area contributed by atoms with Crippen LogP contribution in [0.25, 0.3) is 11.0 Å². The Morgan fingerprint density at radius 1 is 1.31 bits per heavy atom. The van der Waals surface area contributed by atoms with Crippen LogP contribution in [0.5, 0.6) is 5.88 Å². The van der Waals surface area contributed by atoms with Gasteiger partial charge in [-0.3, -0.25) is 14.8 Å². The lowest BCUT2D eigenvalue weighted by atomic mass is 10.0. The Labute approximate surface area is 190 Å². The van der Waals surface area contributed by atoms with E-state index in [1.165, 1.54) is 0 Å². The molecule has 3 rings (SSSR count). The van der Waals surface area contributed by atoms with Crippen molar-refractivity contribution in [2.45, 2.75) is 53.1 Å². The molecule has 0 bridgehead atoms. The van der Waals surface area contributed by atoms with Gasteiger partial charge in [-0.25, -0.2) is 9.67 Å². The largest absolute Gasteiger partial charge is 0.472 e. The van der Waals surface area contributed by atoms with E-state index >= 15 is 0 Å². The fraction of sp³-hybridized carbons (Fsp3) is 0.600. The fourth-order valence-electron chi connectivity index (χ4n) is 3.93. The standard InChI is InChI=1S/C20H28ClN7O4/c1-6-16(12(2)11-31-5)27-14(4)17(28(29)30)19(25-27)32-9-7-8-26-18-15(13(3)24-26)10-22-20(21)23-18/h10,12,16H,6-9,11H2,1-5H3. The first-order valence-corrected chi connectivity index (χ1v) is 10.9. The smallest absolute Gasteiger partial charge is 0.352 e. The number of halogens is 1. The summed E-state index contributed by atoms with van der Waals surface area (Å²) < 4.78 is 14.4. The molecule has 0 radical (unpaired) electrons. The molecule has 2 unspecified atom stereocenters. The summed E-state index contributed by atoms with van der Waals surface area (Å²) in [5, 5.41) is 21.6. The van der Waals surface area contributed by atoms with Crippen molar-refractivity contribution in [2.75, 3.05) is 20.3 Å². The minimum absolute atomic E-state index is 0.0300. The molecule has 11 nitrogen and oxygen atoms in total. The van der Waals surface area contributed by atoms with Crippen LogP contribution in [0, 0.1) is 29.9 Å². The van der Waals surface area contributed by atoms with E-state index in [4.69, 9.17) is 21.1 Å². The van der Waals surface area contributed by atoms with Crippen LogP contribution in [0.15, 0.2) is 6.20 Å². The molecular formula is C20H28ClN7O4. The van der Waals surface area contributed by atoms with Gasteiger partial charge in [-0.05, 0) is 31.9 Å². The highest BCUT2D eigenvalue weighted by Gasteiger charge is 2.31. The number of rotatable bonds is 11. The molecule has 3 aromatic heterocycles. The van der Waals surface area contributed by atoms with Crippen LogP contribution in [0.3, 0.4) is 0 Å². The van der Waals surface area contributed by atoms with E-state index in [0.717, 1.165) is 17.5 Å². The Balaban J connectivity index is 1.74. The van der Waals surface area contributed by atoms with Crippen molar-refractivity contribution >= 4 is 28.3 Å². The molecule has 0 saturated carbocycles. The summed E-state index contributed by atoms with van der Waals surface area (Å²) in [6.45, 7) is 8.91. The maximum Gasteiger partial charge on any atom is 0.352 e. The van der Waals surface area contributed by atoms with Crippen LogP contribution < -0.4 is 4.74 Å². The Hall–Kier alpha value is -2.79. The molecule has 174 valence electrons. The Morgan fingerprint density at radius 2 is 2.06 bits per heavy atom. The minimum atomic E-state index is -0.439. The quantitative estimate of drug-likeness (QED) is 0.181. The van der Waals surface area contributed by atoms with Crippen LogP contribution in [-0.2, 0) is 11.3 Å². The lowest BCUT2D eigenvalue weighted by molar-refractivity contribution is -0.386. The minimum Gasteiger partial charge on any atom is -0.472 e. The van der Waals surface area contributed by atoms with Crippen molar-refractivity contribution in [3.8, 4) is 5.88 Å². The first-order chi connectivity index (χ1) is 15.3. The van der Waals surface area contributed by atoms with Crippen molar-refractivity contribution in [3.05, 3.63) is 33.0 Å². The Bertz CT molecular complexity index is 1100. The number of nitrogens with zero attached hydrogens (tertiary/aromatic N) is 7. The van der Waals surface area contributed by atoms with Gasteiger partial charge in [0.1, 0.15) is 5.69 Å². The summed E-state index contributed by atoms with van der Waals surface area (Å²) in [5.41, 5.74) is 1.82. The monoisotopic (exact) mass is 465 g/mol. The highest BCUT2D eigenvalue weighted by Crippen LogP contribution is 2.34. The average Bonchev–Trinajstić information content (AvgIpc) is 3.22. The topological polar surface area (TPSA) is 123 Å². The molecule has 0 spiro atoms. The SMILES string of the molecule is CCC(C(C)COC)n1nc(OCCCn2nc(C)c3cnc(Cl)nc32)c([N+](=O)[O-])c1C. The summed E-state index contributed by atoms with van der Waals surface area (Å²) in [6, 6.07) is -0.0335. The maximum atomic E-state index is 11.7.